The maximum Gasteiger partial charge on any atom is 0.187 e. The van der Waals surface area contributed by atoms with Crippen molar-refractivity contribution in [3.8, 4) is 46.8 Å². The summed E-state index contributed by atoms with van der Waals surface area (Å²) in [7, 11) is 9.18. The van der Waals surface area contributed by atoms with Crippen LogP contribution in [0.2, 0.25) is 0 Å². The molecule has 6 aromatic carbocycles. The summed E-state index contributed by atoms with van der Waals surface area (Å²) in [5, 5.41) is 25.0. The number of benzene rings is 6. The Kier molecular flexibility index (Phi) is 31.8. The van der Waals surface area contributed by atoms with Crippen molar-refractivity contribution in [2.24, 2.45) is 30.7 Å². The molecule has 37 heteroatoms. The van der Waals surface area contributed by atoms with Crippen LogP contribution in [0.4, 0.5) is 0 Å². The van der Waals surface area contributed by atoms with Crippen LogP contribution >= 0.6 is 0 Å². The Balaban J connectivity index is 1.10. The fourth-order valence-electron chi connectivity index (χ4n) is 13.2. The Morgan fingerprint density at radius 3 is 0.964 bits per heavy atom. The van der Waals surface area contributed by atoms with E-state index in [1.165, 1.54) is 35.5 Å². The lowest BCUT2D eigenvalue weighted by atomic mass is 9.83. The number of rotatable bonds is 41. The van der Waals surface area contributed by atoms with Crippen molar-refractivity contribution in [3.63, 3.8) is 0 Å². The monoisotopic (exact) mass is 1530 g/mol. The number of ether oxygens (including phenoxy) is 19. The summed E-state index contributed by atoms with van der Waals surface area (Å²) in [6.07, 6.45) is -15.6. The minimum Gasteiger partial charge on any atom is -0.497 e. The lowest BCUT2D eigenvalue weighted by Gasteiger charge is -2.49. The highest BCUT2D eigenvalue weighted by Gasteiger charge is 2.58. The zero-order chi connectivity index (χ0) is 78.3. The van der Waals surface area contributed by atoms with Crippen LogP contribution in [0.3, 0.4) is 0 Å². The highest BCUT2D eigenvalue weighted by molar-refractivity contribution is 5.31. The molecule has 19 atom stereocenters. The van der Waals surface area contributed by atoms with Crippen LogP contribution in [0.5, 0.6) is 34.5 Å². The molecule has 0 amide bonds. The number of azide groups is 6. The van der Waals surface area contributed by atoms with Crippen LogP contribution in [-0.2, 0) is 101 Å². The van der Waals surface area contributed by atoms with Crippen LogP contribution < -0.4 is 28.4 Å². The molecule has 3 aliphatic heterocycles. The zero-order valence-electron chi connectivity index (χ0n) is 61.5. The van der Waals surface area contributed by atoms with Crippen molar-refractivity contribution >= 4 is 0 Å². The van der Waals surface area contributed by atoms with Crippen molar-refractivity contribution in [1.29, 1.82) is 0 Å². The SMILES string of the molecule is C#CCOC[C@H]1O[C@@H](O[C@@H]2[C@@H](OCc3ccc(OC)cc3)[C@H](N=[N+]=[N-])C[C@H](N=[N+]=[N-])[C@H]2O[C@H]2O[C@H](CN=[N+]=[N-])[C@@H](OCc3ccc(OC)cc3)[C@H](OCc3ccc(OC)cc3)[C@H]2N=[N+]=[N-])[C@H](OCc2ccc(OC)cc2)[C@@H]1O[C@H]1O[C@@H](CN=[N+]=[N-])[C@@H](OCc2ccc(OC)cc2)[C@H](OCc2ccc(OC)cc2)[C@H]1N=[N+]=[N-]. The Labute approximate surface area is 638 Å². The van der Waals surface area contributed by atoms with Gasteiger partial charge < -0.3 is 90.0 Å². The van der Waals surface area contributed by atoms with Gasteiger partial charge in [0.15, 0.2) is 18.9 Å². The fraction of sp³-hybridized carbons (Fsp3) is 0.486. The molecule has 0 bridgehead atoms. The average molecular weight is 1530 g/mol. The topological polar surface area (TPSA) is 468 Å². The molecule has 0 radical (unpaired) electrons. The molecule has 4 fully saturated rings. The molecule has 4 aliphatic rings. The van der Waals surface area contributed by atoms with Crippen LogP contribution in [0.25, 0.3) is 62.7 Å². The van der Waals surface area contributed by atoms with Crippen LogP contribution in [0.15, 0.2) is 176 Å². The third-order valence-corrected chi connectivity index (χ3v) is 18.8. The quantitative estimate of drug-likeness (QED) is 0.0113. The Morgan fingerprint density at radius 1 is 0.342 bits per heavy atom. The summed E-state index contributed by atoms with van der Waals surface area (Å²) in [5.74, 6) is 5.88. The van der Waals surface area contributed by atoms with E-state index in [1.54, 1.807) is 153 Å². The summed E-state index contributed by atoms with van der Waals surface area (Å²) >= 11 is 0. The van der Waals surface area contributed by atoms with Gasteiger partial charge in [0.1, 0.15) is 102 Å². The molecule has 3 heterocycles. The van der Waals surface area contributed by atoms with E-state index >= 15 is 0 Å². The van der Waals surface area contributed by atoms with Crippen molar-refractivity contribution in [2.45, 2.75) is 162 Å². The van der Waals surface area contributed by atoms with E-state index in [2.05, 4.69) is 66.1 Å². The highest BCUT2D eigenvalue weighted by Crippen LogP contribution is 2.42. The van der Waals surface area contributed by atoms with Gasteiger partial charge in [-0.05, 0) is 146 Å². The maximum absolute atomic E-state index is 10.7. The summed E-state index contributed by atoms with van der Waals surface area (Å²) < 4.78 is 122. The van der Waals surface area contributed by atoms with E-state index < -0.39 is 123 Å². The first-order chi connectivity index (χ1) is 54.4. The molecular formula is C74H84N18O19. The zero-order valence-corrected chi connectivity index (χ0v) is 61.5. The third-order valence-electron chi connectivity index (χ3n) is 18.8. The summed E-state index contributed by atoms with van der Waals surface area (Å²) in [6, 6.07) is 36.7. The molecule has 3 saturated heterocycles. The molecule has 1 saturated carbocycles. The number of hydrogen-bond acceptors (Lipinski definition) is 25. The van der Waals surface area contributed by atoms with Gasteiger partial charge in [0.2, 0.25) is 0 Å². The van der Waals surface area contributed by atoms with Crippen molar-refractivity contribution in [1.82, 2.24) is 0 Å². The van der Waals surface area contributed by atoms with Gasteiger partial charge in [-0.2, -0.15) is 0 Å². The molecule has 584 valence electrons. The molecule has 10 rings (SSSR count). The molecular weight excluding hydrogens is 1440 g/mol. The second-order valence-electron chi connectivity index (χ2n) is 25.4. The predicted octanol–water partition coefficient (Wildman–Crippen LogP) is 13.3. The molecule has 0 N–H and O–H groups in total. The first kappa shape index (κ1) is 82.5. The standard InChI is InChI=1S/C74H84N18O19/c1-8-33-99-43-60-67(110-73-62(86-92-80)69(104-41-48-17-29-54(97-6)30-18-48)66(59(107-73)36-82-88-76)102-39-46-13-25-52(95-4)26-14-46)71(105-42-49-19-31-55(98-7)32-20-49)74(108-60)111-70-63(100-37-44-9-21-50(93-2)22-10-44)56(83-89-77)34-57(84-90-78)64(70)109-72-61(85-91-79)68(103-40-47-15-27-53(96-5)28-16-47)65(58(106-72)35-81-87-75)101-38-45-11-23-51(94-3)24-12-45/h1,9-32,56-74H,33-43H2,2-7H3/t56-,57+,58-,59+,60-,61-,62-,63+,64-,65-,66-,67-,68-,69-,70-,71-,72-,73-,74+/m1/s1. The maximum atomic E-state index is 10.7. The largest absolute Gasteiger partial charge is 0.497 e. The van der Waals surface area contributed by atoms with Gasteiger partial charge in [0.05, 0.1) is 138 Å². The minimum absolute atomic E-state index is 0.0422. The molecule has 0 unspecified atom stereocenters. The van der Waals surface area contributed by atoms with Gasteiger partial charge in [-0.25, -0.2) is 0 Å². The number of hydrogen-bond donors (Lipinski definition) is 0. The Hall–Kier alpha value is -11.0. The number of terminal acetylenes is 1. The van der Waals surface area contributed by atoms with Crippen molar-refractivity contribution < 1.29 is 90.0 Å². The molecule has 111 heavy (non-hydrogen) atoms. The molecule has 37 nitrogen and oxygen atoms in total. The van der Waals surface area contributed by atoms with Gasteiger partial charge >= 0.3 is 0 Å². The number of methoxy groups -OCH3 is 6. The smallest absolute Gasteiger partial charge is 0.187 e. The first-order valence-corrected chi connectivity index (χ1v) is 35.0. The highest BCUT2D eigenvalue weighted by atomic mass is 16.8. The normalized spacial score (nSPS) is 26.6. The second kappa shape index (κ2) is 42.8. The first-order valence-electron chi connectivity index (χ1n) is 35.0. The van der Waals surface area contributed by atoms with E-state index in [0.717, 1.165) is 0 Å². The lowest BCUT2D eigenvalue weighted by Crippen LogP contribution is -2.64. The van der Waals surface area contributed by atoms with E-state index in [0.29, 0.717) is 67.9 Å². The molecule has 0 aromatic heterocycles. The summed E-state index contributed by atoms with van der Waals surface area (Å²) in [5.41, 5.74) is 66.2. The second-order valence-corrected chi connectivity index (χ2v) is 25.4. The fourth-order valence-corrected chi connectivity index (χ4v) is 13.2. The minimum atomic E-state index is -1.73. The van der Waals surface area contributed by atoms with E-state index in [-0.39, 0.29) is 65.8 Å². The molecule has 0 spiro atoms. The van der Waals surface area contributed by atoms with Gasteiger partial charge in [0.25, 0.3) is 0 Å². The lowest BCUT2D eigenvalue weighted by molar-refractivity contribution is -0.318. The average Bonchev–Trinajstić information content (AvgIpc) is 1.75. The van der Waals surface area contributed by atoms with Gasteiger partial charge in [-0.3, -0.25) is 0 Å². The summed E-state index contributed by atoms with van der Waals surface area (Å²) in [6.45, 7) is -2.04. The van der Waals surface area contributed by atoms with Crippen LogP contribution in [0, 0.1) is 12.3 Å². The van der Waals surface area contributed by atoms with Crippen LogP contribution in [0.1, 0.15) is 39.8 Å². The van der Waals surface area contributed by atoms with E-state index in [1.807, 2.05) is 0 Å². The molecule has 1 aliphatic carbocycles. The summed E-state index contributed by atoms with van der Waals surface area (Å²) in [4.78, 5) is 19.3. The van der Waals surface area contributed by atoms with E-state index in [9.17, 15) is 33.2 Å². The van der Waals surface area contributed by atoms with Crippen molar-refractivity contribution in [2.75, 3.05) is 69.0 Å². The third kappa shape index (κ3) is 22.4. The van der Waals surface area contributed by atoms with Gasteiger partial charge in [0, 0.05) is 29.5 Å². The van der Waals surface area contributed by atoms with E-state index in [4.69, 9.17) is 96.4 Å². The molecule has 6 aromatic rings. The number of nitrogens with zero attached hydrogens (tertiary/aromatic N) is 18. The predicted molar refractivity (Wildman–Crippen MR) is 394 cm³/mol. The Morgan fingerprint density at radius 2 is 0.640 bits per heavy atom. The van der Waals surface area contributed by atoms with Gasteiger partial charge in [-0.1, -0.05) is 109 Å². The Bertz CT molecular complexity index is 4260. The van der Waals surface area contributed by atoms with Crippen molar-refractivity contribution in [3.05, 3.63) is 242 Å². The van der Waals surface area contributed by atoms with Crippen LogP contribution in [-0.4, -0.2) is 185 Å². The van der Waals surface area contributed by atoms with Gasteiger partial charge in [-0.15, -0.1) is 6.42 Å².